The third kappa shape index (κ3) is 1.19. The van der Waals surface area contributed by atoms with Crippen molar-refractivity contribution in [1.29, 1.82) is 0 Å². The molecular weight excluding hydrogens is 172 g/mol. The van der Waals surface area contributed by atoms with E-state index in [1.165, 1.54) is 0 Å². The Labute approximate surface area is 75.7 Å². The number of amides is 2. The third-order valence-corrected chi connectivity index (χ3v) is 2.64. The molecule has 13 heavy (non-hydrogen) atoms. The first kappa shape index (κ1) is 8.50. The van der Waals surface area contributed by atoms with Crippen LogP contribution in [0.2, 0.25) is 0 Å². The SMILES string of the molecule is O=C1NC(CO)C(=O)N2CCCC12. The van der Waals surface area contributed by atoms with Crippen molar-refractivity contribution in [3.8, 4) is 0 Å². The predicted octanol–water partition coefficient (Wildman–Crippen LogP) is -1.53. The van der Waals surface area contributed by atoms with E-state index >= 15 is 0 Å². The molecule has 2 saturated heterocycles. The summed E-state index contributed by atoms with van der Waals surface area (Å²) in [5, 5.41) is 11.3. The van der Waals surface area contributed by atoms with Crippen LogP contribution < -0.4 is 5.32 Å². The molecule has 0 bridgehead atoms. The Bertz CT molecular complexity index is 254. The van der Waals surface area contributed by atoms with Crippen LogP contribution in [-0.2, 0) is 9.59 Å². The van der Waals surface area contributed by atoms with Gasteiger partial charge in [0.05, 0.1) is 6.61 Å². The Morgan fingerprint density at radius 3 is 3.00 bits per heavy atom. The molecule has 2 atom stereocenters. The maximum absolute atomic E-state index is 11.5. The van der Waals surface area contributed by atoms with Crippen molar-refractivity contribution in [3.63, 3.8) is 0 Å². The topological polar surface area (TPSA) is 69.6 Å². The molecule has 5 nitrogen and oxygen atoms in total. The molecule has 2 heterocycles. The number of fused-ring (bicyclic) bond motifs is 1. The summed E-state index contributed by atoms with van der Waals surface area (Å²) in [6, 6.07) is -1.00. The zero-order valence-electron chi connectivity index (χ0n) is 7.19. The second-order valence-electron chi connectivity index (χ2n) is 3.43. The van der Waals surface area contributed by atoms with Crippen molar-refractivity contribution < 1.29 is 14.7 Å². The zero-order valence-corrected chi connectivity index (χ0v) is 7.19. The molecular formula is C8H12N2O3. The second-order valence-corrected chi connectivity index (χ2v) is 3.43. The van der Waals surface area contributed by atoms with Crippen molar-refractivity contribution in [2.24, 2.45) is 0 Å². The normalized spacial score (nSPS) is 33.2. The number of hydrogen-bond donors (Lipinski definition) is 2. The summed E-state index contributed by atoms with van der Waals surface area (Å²) in [4.78, 5) is 24.5. The van der Waals surface area contributed by atoms with Gasteiger partial charge in [0.25, 0.3) is 0 Å². The van der Waals surface area contributed by atoms with Crippen molar-refractivity contribution in [2.45, 2.75) is 24.9 Å². The van der Waals surface area contributed by atoms with Crippen LogP contribution in [0, 0.1) is 0 Å². The highest BCUT2D eigenvalue weighted by Crippen LogP contribution is 2.21. The first-order valence-electron chi connectivity index (χ1n) is 4.46. The molecule has 0 aromatic carbocycles. The fraction of sp³-hybridized carbons (Fsp3) is 0.750. The minimum atomic E-state index is -0.721. The van der Waals surface area contributed by atoms with Crippen LogP contribution in [-0.4, -0.2) is 47.1 Å². The number of carbonyl (C=O) groups is 2. The molecule has 0 aliphatic carbocycles. The molecule has 2 aliphatic rings. The van der Waals surface area contributed by atoms with Crippen LogP contribution in [0.25, 0.3) is 0 Å². The Kier molecular flexibility index (Phi) is 1.95. The lowest BCUT2D eigenvalue weighted by Crippen LogP contribution is -2.62. The summed E-state index contributed by atoms with van der Waals surface area (Å²) in [6.07, 6.45) is 1.62. The highest BCUT2D eigenvalue weighted by molar-refractivity contribution is 5.97. The van der Waals surface area contributed by atoms with Crippen LogP contribution in [0.5, 0.6) is 0 Å². The first-order valence-corrected chi connectivity index (χ1v) is 4.46. The van der Waals surface area contributed by atoms with Crippen molar-refractivity contribution in [2.75, 3.05) is 13.2 Å². The number of aliphatic hydroxyl groups excluding tert-OH is 1. The summed E-state index contributed by atoms with van der Waals surface area (Å²) >= 11 is 0. The average molecular weight is 184 g/mol. The number of rotatable bonds is 1. The molecule has 0 spiro atoms. The van der Waals surface area contributed by atoms with Crippen LogP contribution in [0.1, 0.15) is 12.8 Å². The van der Waals surface area contributed by atoms with Gasteiger partial charge in [-0.3, -0.25) is 9.59 Å². The molecule has 72 valence electrons. The zero-order chi connectivity index (χ0) is 9.42. The molecule has 0 aromatic rings. The molecule has 0 saturated carbocycles. The van der Waals surface area contributed by atoms with E-state index in [4.69, 9.17) is 5.11 Å². The first-order chi connectivity index (χ1) is 6.24. The summed E-state index contributed by atoms with van der Waals surface area (Å²) < 4.78 is 0. The number of aliphatic hydroxyl groups is 1. The fourth-order valence-corrected chi connectivity index (χ4v) is 1.96. The highest BCUT2D eigenvalue weighted by atomic mass is 16.3. The standard InChI is InChI=1S/C8H12N2O3/c11-4-5-8(13)10-3-1-2-6(10)7(12)9-5/h5-6,11H,1-4H2,(H,9,12). The summed E-state index contributed by atoms with van der Waals surface area (Å²) in [5.74, 6) is -0.277. The number of carbonyl (C=O) groups excluding carboxylic acids is 2. The quantitative estimate of drug-likeness (QED) is 0.519. The second kappa shape index (κ2) is 2.99. The van der Waals surface area contributed by atoms with Gasteiger partial charge in [0.15, 0.2) is 0 Å². The van der Waals surface area contributed by atoms with Gasteiger partial charge in [-0.25, -0.2) is 0 Å². The van der Waals surface area contributed by atoms with Gasteiger partial charge in [-0.15, -0.1) is 0 Å². The summed E-state index contributed by atoms with van der Waals surface area (Å²) in [6.45, 7) is 0.335. The van der Waals surface area contributed by atoms with Crippen LogP contribution in [0.15, 0.2) is 0 Å². The van der Waals surface area contributed by atoms with Gasteiger partial charge < -0.3 is 15.3 Å². The third-order valence-electron chi connectivity index (χ3n) is 2.64. The summed E-state index contributed by atoms with van der Waals surface area (Å²) in [7, 11) is 0. The number of piperazine rings is 1. The van der Waals surface area contributed by atoms with E-state index in [2.05, 4.69) is 5.32 Å². The van der Waals surface area contributed by atoms with Gasteiger partial charge in [-0.2, -0.15) is 0 Å². The maximum Gasteiger partial charge on any atom is 0.248 e. The molecule has 2 N–H and O–H groups in total. The average Bonchev–Trinajstić information content (AvgIpc) is 2.60. The van der Waals surface area contributed by atoms with Crippen molar-refractivity contribution in [1.82, 2.24) is 10.2 Å². The smallest absolute Gasteiger partial charge is 0.248 e. The minimum Gasteiger partial charge on any atom is -0.394 e. The van der Waals surface area contributed by atoms with E-state index in [1.54, 1.807) is 4.90 Å². The molecule has 2 aliphatic heterocycles. The van der Waals surface area contributed by atoms with Gasteiger partial charge >= 0.3 is 0 Å². The number of nitrogens with one attached hydrogen (secondary N) is 1. The lowest BCUT2D eigenvalue weighted by Gasteiger charge is -2.33. The van der Waals surface area contributed by atoms with Crippen molar-refractivity contribution >= 4 is 11.8 Å². The van der Waals surface area contributed by atoms with E-state index in [1.807, 2.05) is 0 Å². The molecule has 5 heteroatoms. The minimum absolute atomic E-state index is 0.129. The molecule has 2 amide bonds. The van der Waals surface area contributed by atoms with Crippen LogP contribution in [0.3, 0.4) is 0 Å². The van der Waals surface area contributed by atoms with Gasteiger partial charge in [-0.1, -0.05) is 0 Å². The molecule has 2 unspecified atom stereocenters. The Hall–Kier alpha value is -1.10. The maximum atomic E-state index is 11.5. The lowest BCUT2D eigenvalue weighted by atomic mass is 10.1. The monoisotopic (exact) mass is 184 g/mol. The Morgan fingerprint density at radius 2 is 2.31 bits per heavy atom. The lowest BCUT2D eigenvalue weighted by molar-refractivity contribution is -0.148. The fourth-order valence-electron chi connectivity index (χ4n) is 1.96. The van der Waals surface area contributed by atoms with Crippen LogP contribution in [0.4, 0.5) is 0 Å². The Balaban J connectivity index is 2.19. The molecule has 2 fully saturated rings. The van der Waals surface area contributed by atoms with Crippen LogP contribution >= 0.6 is 0 Å². The summed E-state index contributed by atoms with van der Waals surface area (Å²) in [5.41, 5.74) is 0. The van der Waals surface area contributed by atoms with E-state index in [0.717, 1.165) is 12.8 Å². The molecule has 0 radical (unpaired) electrons. The number of hydrogen-bond acceptors (Lipinski definition) is 3. The molecule has 0 aromatic heterocycles. The van der Waals surface area contributed by atoms with E-state index in [9.17, 15) is 9.59 Å². The van der Waals surface area contributed by atoms with Crippen molar-refractivity contribution in [3.05, 3.63) is 0 Å². The van der Waals surface area contributed by atoms with Gasteiger partial charge in [-0.05, 0) is 12.8 Å². The van der Waals surface area contributed by atoms with Gasteiger partial charge in [0.2, 0.25) is 11.8 Å². The van der Waals surface area contributed by atoms with Gasteiger partial charge in [0.1, 0.15) is 12.1 Å². The van der Waals surface area contributed by atoms with E-state index < -0.39 is 6.04 Å². The van der Waals surface area contributed by atoms with E-state index in [0.29, 0.717) is 6.54 Å². The molecule has 2 rings (SSSR count). The van der Waals surface area contributed by atoms with E-state index in [-0.39, 0.29) is 24.5 Å². The largest absolute Gasteiger partial charge is 0.394 e. The highest BCUT2D eigenvalue weighted by Gasteiger charge is 2.42. The van der Waals surface area contributed by atoms with Gasteiger partial charge in [0, 0.05) is 6.54 Å². The predicted molar refractivity (Wildman–Crippen MR) is 43.8 cm³/mol. The Morgan fingerprint density at radius 1 is 1.54 bits per heavy atom. The number of nitrogens with zero attached hydrogens (tertiary/aromatic N) is 1.